The molecule has 0 aliphatic rings. The van der Waals surface area contributed by atoms with Gasteiger partial charge >= 0.3 is 0 Å². The van der Waals surface area contributed by atoms with Crippen LogP contribution in [0.15, 0.2) is 55.0 Å². The second-order valence-electron chi connectivity index (χ2n) is 5.91. The van der Waals surface area contributed by atoms with Crippen LogP contribution in [0.25, 0.3) is 11.1 Å². The minimum Gasteiger partial charge on any atom is -0.496 e. The molecule has 1 aromatic heterocycles. The van der Waals surface area contributed by atoms with Crippen molar-refractivity contribution in [1.82, 2.24) is 9.97 Å². The fourth-order valence-corrected chi connectivity index (χ4v) is 3.92. The number of ether oxygens (including phenoxy) is 1. The van der Waals surface area contributed by atoms with E-state index in [1.165, 1.54) is 17.7 Å². The van der Waals surface area contributed by atoms with Gasteiger partial charge in [0.05, 0.1) is 24.7 Å². The van der Waals surface area contributed by atoms with Crippen molar-refractivity contribution in [2.45, 2.75) is 6.92 Å². The number of methoxy groups -OCH3 is 1. The normalized spacial score (nSPS) is 11.3. The van der Waals surface area contributed by atoms with Crippen molar-refractivity contribution in [1.29, 1.82) is 0 Å². The molecular formula is C19H18ClN3O3S. The molecule has 0 saturated carbocycles. The van der Waals surface area contributed by atoms with Gasteiger partial charge in [-0.1, -0.05) is 11.6 Å². The van der Waals surface area contributed by atoms with Gasteiger partial charge in [-0.25, -0.2) is 22.7 Å². The lowest BCUT2D eigenvalue weighted by molar-refractivity contribution is 0.416. The number of sulfonamides is 1. The van der Waals surface area contributed by atoms with Crippen molar-refractivity contribution in [3.63, 3.8) is 0 Å². The molecule has 0 aliphatic carbocycles. The second kappa shape index (κ2) is 7.54. The Bertz CT molecular complexity index is 1070. The van der Waals surface area contributed by atoms with E-state index in [2.05, 4.69) is 9.97 Å². The second-order valence-corrected chi connectivity index (χ2v) is 8.18. The molecule has 1 heterocycles. The van der Waals surface area contributed by atoms with Crippen LogP contribution in [-0.4, -0.2) is 31.8 Å². The van der Waals surface area contributed by atoms with Gasteiger partial charge in [-0.3, -0.25) is 0 Å². The predicted molar refractivity (Wildman–Crippen MR) is 107 cm³/mol. The van der Waals surface area contributed by atoms with Crippen molar-refractivity contribution >= 4 is 33.0 Å². The summed E-state index contributed by atoms with van der Waals surface area (Å²) in [5, 5.41) is 0.527. The van der Waals surface area contributed by atoms with Crippen LogP contribution < -0.4 is 9.04 Å². The monoisotopic (exact) mass is 403 g/mol. The molecule has 0 N–H and O–H groups in total. The van der Waals surface area contributed by atoms with Gasteiger partial charge in [0.1, 0.15) is 12.1 Å². The Hall–Kier alpha value is -2.64. The van der Waals surface area contributed by atoms with Gasteiger partial charge in [0.15, 0.2) is 0 Å². The standard InChI is InChI=1S/C19H18ClN3O3S/c1-13-18(11-21-12-22-13)17-9-8-16(10-19(17)26-2)23(27(3,24)25)15-6-4-14(20)5-7-15/h4-12H,1-3H3. The SMILES string of the molecule is COc1cc(N(c2ccc(Cl)cc2)S(C)(=O)=O)ccc1-c1cncnc1C. The van der Waals surface area contributed by atoms with E-state index in [4.69, 9.17) is 16.3 Å². The summed E-state index contributed by atoms with van der Waals surface area (Å²) in [7, 11) is -2.05. The average Bonchev–Trinajstić information content (AvgIpc) is 2.63. The molecular weight excluding hydrogens is 386 g/mol. The molecule has 0 spiro atoms. The number of anilines is 2. The highest BCUT2D eigenvalue weighted by Crippen LogP contribution is 2.37. The Balaban J connectivity index is 2.15. The lowest BCUT2D eigenvalue weighted by Crippen LogP contribution is -2.24. The maximum absolute atomic E-state index is 12.5. The highest BCUT2D eigenvalue weighted by Gasteiger charge is 2.22. The summed E-state index contributed by atoms with van der Waals surface area (Å²) in [5.41, 5.74) is 3.33. The zero-order chi connectivity index (χ0) is 19.6. The molecule has 0 unspecified atom stereocenters. The van der Waals surface area contributed by atoms with E-state index in [9.17, 15) is 8.42 Å². The van der Waals surface area contributed by atoms with Gasteiger partial charge in [0.2, 0.25) is 10.0 Å². The van der Waals surface area contributed by atoms with Crippen LogP contribution in [0.1, 0.15) is 5.69 Å². The molecule has 0 bridgehead atoms. The van der Waals surface area contributed by atoms with Gasteiger partial charge in [-0.2, -0.15) is 0 Å². The van der Waals surface area contributed by atoms with E-state index < -0.39 is 10.0 Å². The minimum atomic E-state index is -3.58. The van der Waals surface area contributed by atoms with Crippen molar-refractivity contribution in [2.24, 2.45) is 0 Å². The number of halogens is 1. The van der Waals surface area contributed by atoms with Crippen molar-refractivity contribution in [3.8, 4) is 16.9 Å². The Morgan fingerprint density at radius 2 is 1.70 bits per heavy atom. The third-order valence-electron chi connectivity index (χ3n) is 4.01. The number of rotatable bonds is 5. The summed E-state index contributed by atoms with van der Waals surface area (Å²) in [6.45, 7) is 1.88. The molecule has 0 radical (unpaired) electrons. The molecule has 140 valence electrons. The predicted octanol–water partition coefficient (Wildman–Crippen LogP) is 4.21. The fraction of sp³-hybridized carbons (Fsp3) is 0.158. The van der Waals surface area contributed by atoms with Crippen LogP contribution in [0.3, 0.4) is 0 Å². The topological polar surface area (TPSA) is 72.4 Å². The maximum Gasteiger partial charge on any atom is 0.236 e. The highest BCUT2D eigenvalue weighted by atomic mass is 35.5. The average molecular weight is 404 g/mol. The first kappa shape index (κ1) is 19.1. The van der Waals surface area contributed by atoms with Crippen LogP contribution in [0.2, 0.25) is 5.02 Å². The summed E-state index contributed by atoms with van der Waals surface area (Å²) in [4.78, 5) is 8.26. The Labute approximate surface area is 163 Å². The van der Waals surface area contributed by atoms with E-state index >= 15 is 0 Å². The molecule has 0 aliphatic heterocycles. The number of benzene rings is 2. The summed E-state index contributed by atoms with van der Waals surface area (Å²) < 4.78 is 31.7. The molecule has 3 rings (SSSR count). The van der Waals surface area contributed by atoms with Gasteiger partial charge < -0.3 is 4.74 Å². The molecule has 27 heavy (non-hydrogen) atoms. The quantitative estimate of drug-likeness (QED) is 0.638. The number of aromatic nitrogens is 2. The first-order chi connectivity index (χ1) is 12.8. The van der Waals surface area contributed by atoms with Crippen LogP contribution in [0.5, 0.6) is 5.75 Å². The zero-order valence-corrected chi connectivity index (χ0v) is 16.6. The lowest BCUT2D eigenvalue weighted by Gasteiger charge is -2.24. The summed E-state index contributed by atoms with van der Waals surface area (Å²) in [6.07, 6.45) is 4.33. The van der Waals surface area contributed by atoms with Crippen LogP contribution in [0, 0.1) is 6.92 Å². The molecule has 0 fully saturated rings. The first-order valence-electron chi connectivity index (χ1n) is 8.02. The Kier molecular flexibility index (Phi) is 5.34. The van der Waals surface area contributed by atoms with Gasteiger partial charge in [-0.05, 0) is 43.3 Å². The molecule has 0 atom stereocenters. The van der Waals surface area contributed by atoms with Gasteiger partial charge in [-0.15, -0.1) is 0 Å². The fourth-order valence-electron chi connectivity index (χ4n) is 2.79. The Morgan fingerprint density at radius 1 is 1.04 bits per heavy atom. The molecule has 3 aromatic rings. The number of nitrogens with zero attached hydrogens (tertiary/aromatic N) is 3. The molecule has 0 amide bonds. The summed E-state index contributed by atoms with van der Waals surface area (Å²) in [5.74, 6) is 0.521. The van der Waals surface area contributed by atoms with E-state index in [1.807, 2.05) is 6.92 Å². The van der Waals surface area contributed by atoms with Crippen molar-refractivity contribution < 1.29 is 13.2 Å². The van der Waals surface area contributed by atoms with Crippen molar-refractivity contribution in [2.75, 3.05) is 17.7 Å². The van der Waals surface area contributed by atoms with E-state index in [-0.39, 0.29) is 0 Å². The molecule has 6 nitrogen and oxygen atoms in total. The summed E-state index contributed by atoms with van der Waals surface area (Å²) in [6, 6.07) is 11.8. The van der Waals surface area contributed by atoms with Crippen molar-refractivity contribution in [3.05, 3.63) is 65.7 Å². The van der Waals surface area contributed by atoms with Crippen LogP contribution in [-0.2, 0) is 10.0 Å². The molecule has 8 heteroatoms. The maximum atomic E-state index is 12.5. The molecule has 0 saturated heterocycles. The van der Waals surface area contributed by atoms with Crippen LogP contribution >= 0.6 is 11.6 Å². The lowest BCUT2D eigenvalue weighted by atomic mass is 10.0. The zero-order valence-electron chi connectivity index (χ0n) is 15.0. The number of hydrogen-bond acceptors (Lipinski definition) is 5. The Morgan fingerprint density at radius 3 is 2.30 bits per heavy atom. The first-order valence-corrected chi connectivity index (χ1v) is 10.2. The largest absolute Gasteiger partial charge is 0.496 e. The van der Waals surface area contributed by atoms with Crippen LogP contribution in [0.4, 0.5) is 11.4 Å². The third-order valence-corrected chi connectivity index (χ3v) is 5.35. The third kappa shape index (κ3) is 4.04. The number of aryl methyl sites for hydroxylation is 1. The summed E-state index contributed by atoms with van der Waals surface area (Å²) >= 11 is 5.93. The van der Waals surface area contributed by atoms with E-state index in [0.29, 0.717) is 22.1 Å². The van der Waals surface area contributed by atoms with Gasteiger partial charge in [0, 0.05) is 34.1 Å². The van der Waals surface area contributed by atoms with E-state index in [1.54, 1.807) is 48.7 Å². The highest BCUT2D eigenvalue weighted by molar-refractivity contribution is 7.92. The van der Waals surface area contributed by atoms with Gasteiger partial charge in [0.25, 0.3) is 0 Å². The smallest absolute Gasteiger partial charge is 0.236 e. The molecule has 2 aromatic carbocycles. The van der Waals surface area contributed by atoms with E-state index in [0.717, 1.165) is 23.1 Å². The number of hydrogen-bond donors (Lipinski definition) is 0. The minimum absolute atomic E-state index is 0.454.